The summed E-state index contributed by atoms with van der Waals surface area (Å²) in [7, 11) is 0. The lowest BCUT2D eigenvalue weighted by Crippen LogP contribution is -2.55. The number of hydrogen-bond donors (Lipinski definition) is 1. The molecule has 132 valence electrons. The Morgan fingerprint density at radius 2 is 2.04 bits per heavy atom. The van der Waals surface area contributed by atoms with Crippen molar-refractivity contribution in [1.29, 1.82) is 0 Å². The second kappa shape index (κ2) is 7.08. The van der Waals surface area contributed by atoms with E-state index in [0.717, 1.165) is 17.0 Å². The summed E-state index contributed by atoms with van der Waals surface area (Å²) in [5.41, 5.74) is -0.999. The molecule has 1 N–H and O–H groups in total. The van der Waals surface area contributed by atoms with Gasteiger partial charge in [-0.05, 0) is 19.1 Å². The Balaban J connectivity index is 2.16. The van der Waals surface area contributed by atoms with Gasteiger partial charge in [0.1, 0.15) is 5.75 Å². The van der Waals surface area contributed by atoms with Gasteiger partial charge in [-0.3, -0.25) is 4.79 Å². The van der Waals surface area contributed by atoms with Crippen molar-refractivity contribution in [3.63, 3.8) is 0 Å². The van der Waals surface area contributed by atoms with E-state index in [0.29, 0.717) is 0 Å². The van der Waals surface area contributed by atoms with Crippen LogP contribution in [-0.2, 0) is 20.5 Å². The van der Waals surface area contributed by atoms with Gasteiger partial charge < -0.3 is 19.5 Å². The molecule has 1 saturated heterocycles. The fraction of sp³-hybridized carbons (Fsp3) is 0.467. The van der Waals surface area contributed by atoms with Crippen molar-refractivity contribution in [2.24, 2.45) is 0 Å². The molecule has 0 radical (unpaired) electrons. The first-order valence-electron chi connectivity index (χ1n) is 7.15. The Bertz CT molecular complexity index is 619. The summed E-state index contributed by atoms with van der Waals surface area (Å²) >= 11 is 0. The maximum Gasteiger partial charge on any atom is 0.419 e. The summed E-state index contributed by atoms with van der Waals surface area (Å²) in [4.78, 5) is 24.6. The zero-order chi connectivity index (χ0) is 17.9. The normalized spacial score (nSPS) is 19.7. The number of halogens is 3. The van der Waals surface area contributed by atoms with E-state index in [1.165, 1.54) is 19.1 Å². The van der Waals surface area contributed by atoms with Gasteiger partial charge in [0, 0.05) is 6.54 Å². The Hall–Kier alpha value is -2.29. The number of carbonyl (C=O) groups is 2. The van der Waals surface area contributed by atoms with E-state index in [4.69, 9.17) is 14.6 Å². The van der Waals surface area contributed by atoms with Crippen molar-refractivity contribution in [2.75, 3.05) is 19.8 Å². The van der Waals surface area contributed by atoms with Crippen LogP contribution in [0.3, 0.4) is 0 Å². The predicted molar refractivity (Wildman–Crippen MR) is 75.5 cm³/mol. The molecule has 0 aromatic heterocycles. The topological polar surface area (TPSA) is 76.1 Å². The number of rotatable bonds is 4. The second-order valence-corrected chi connectivity index (χ2v) is 5.21. The van der Waals surface area contributed by atoms with Gasteiger partial charge in [-0.25, -0.2) is 4.79 Å². The zero-order valence-corrected chi connectivity index (χ0v) is 12.7. The fourth-order valence-corrected chi connectivity index (χ4v) is 2.35. The first-order chi connectivity index (χ1) is 11.2. The van der Waals surface area contributed by atoms with E-state index in [2.05, 4.69) is 0 Å². The average molecular weight is 347 g/mol. The van der Waals surface area contributed by atoms with E-state index in [1.807, 2.05) is 0 Å². The molecule has 1 amide bonds. The van der Waals surface area contributed by atoms with Gasteiger partial charge in [-0.15, -0.1) is 0 Å². The summed E-state index contributed by atoms with van der Waals surface area (Å²) in [5, 5.41) is 9.12. The van der Waals surface area contributed by atoms with Crippen molar-refractivity contribution in [3.8, 4) is 5.75 Å². The Kier molecular flexibility index (Phi) is 5.33. The second-order valence-electron chi connectivity index (χ2n) is 5.21. The number of carboxylic acid groups (broad SMARTS) is 1. The van der Waals surface area contributed by atoms with Crippen molar-refractivity contribution < 1.29 is 37.3 Å². The molecule has 1 fully saturated rings. The maximum atomic E-state index is 13.0. The molecule has 1 aromatic rings. The smallest absolute Gasteiger partial charge is 0.419 e. The molecule has 0 aliphatic carbocycles. The largest absolute Gasteiger partial charge is 0.480 e. The summed E-state index contributed by atoms with van der Waals surface area (Å²) < 4.78 is 49.0. The van der Waals surface area contributed by atoms with Crippen LogP contribution in [0, 0.1) is 0 Å². The van der Waals surface area contributed by atoms with Crippen molar-refractivity contribution in [3.05, 3.63) is 29.8 Å². The number of nitrogens with zero attached hydrogens (tertiary/aromatic N) is 1. The molecule has 2 atom stereocenters. The van der Waals surface area contributed by atoms with Gasteiger partial charge in [0.2, 0.25) is 0 Å². The molecule has 0 spiro atoms. The highest BCUT2D eigenvalue weighted by atomic mass is 19.4. The SMILES string of the molecule is C[C@@H](Oc1ccccc1C(F)(F)F)C(=O)N1CCOC[C@H]1C(=O)O. The minimum absolute atomic E-state index is 0.0322. The number of morpholine rings is 1. The van der Waals surface area contributed by atoms with Gasteiger partial charge in [0.15, 0.2) is 12.1 Å². The van der Waals surface area contributed by atoms with Gasteiger partial charge in [0.25, 0.3) is 5.91 Å². The Morgan fingerprint density at radius 1 is 1.38 bits per heavy atom. The maximum absolute atomic E-state index is 13.0. The molecule has 0 saturated carbocycles. The van der Waals surface area contributed by atoms with Crippen LogP contribution in [-0.4, -0.2) is 53.8 Å². The van der Waals surface area contributed by atoms with Crippen LogP contribution >= 0.6 is 0 Å². The average Bonchev–Trinajstić information content (AvgIpc) is 2.53. The van der Waals surface area contributed by atoms with Crippen molar-refractivity contribution in [2.45, 2.75) is 25.2 Å². The van der Waals surface area contributed by atoms with E-state index in [-0.39, 0.29) is 19.8 Å². The van der Waals surface area contributed by atoms with Gasteiger partial charge in [-0.1, -0.05) is 12.1 Å². The number of aliphatic carboxylic acids is 1. The zero-order valence-electron chi connectivity index (χ0n) is 12.7. The molecule has 0 unspecified atom stereocenters. The molecular formula is C15H16F3NO5. The summed E-state index contributed by atoms with van der Waals surface area (Å²) in [6, 6.07) is 3.35. The molecule has 24 heavy (non-hydrogen) atoms. The molecule has 1 aromatic carbocycles. The lowest BCUT2D eigenvalue weighted by atomic mass is 10.1. The number of hydrogen-bond acceptors (Lipinski definition) is 4. The molecule has 9 heteroatoms. The van der Waals surface area contributed by atoms with Gasteiger partial charge >= 0.3 is 12.1 Å². The lowest BCUT2D eigenvalue weighted by Gasteiger charge is -2.34. The number of para-hydroxylation sites is 1. The molecule has 2 rings (SSSR count). The summed E-state index contributed by atoms with van der Waals surface area (Å²) in [6.45, 7) is 1.29. The molecule has 6 nitrogen and oxygen atoms in total. The summed E-state index contributed by atoms with van der Waals surface area (Å²) in [5.74, 6) is -2.43. The standard InChI is InChI=1S/C15H16F3NO5/c1-9(13(20)19-6-7-23-8-11(19)14(21)22)24-12-5-3-2-4-10(12)15(16,17)18/h2-5,9,11H,6-8H2,1H3,(H,21,22)/t9-,11+/m1/s1. The highest BCUT2D eigenvalue weighted by Gasteiger charge is 2.38. The van der Waals surface area contributed by atoms with Gasteiger partial charge in [-0.2, -0.15) is 13.2 Å². The number of benzene rings is 1. The third kappa shape index (κ3) is 3.97. The van der Waals surface area contributed by atoms with Crippen LogP contribution < -0.4 is 4.74 Å². The number of ether oxygens (including phenoxy) is 2. The molecule has 0 bridgehead atoms. The van der Waals surface area contributed by atoms with E-state index < -0.39 is 41.5 Å². The van der Waals surface area contributed by atoms with Crippen LogP contribution in [0.1, 0.15) is 12.5 Å². The van der Waals surface area contributed by atoms with Crippen LogP contribution in [0.2, 0.25) is 0 Å². The predicted octanol–water partition coefficient (Wildman–Crippen LogP) is 1.78. The first-order valence-corrected chi connectivity index (χ1v) is 7.15. The van der Waals surface area contributed by atoms with Crippen LogP contribution in [0.4, 0.5) is 13.2 Å². The van der Waals surface area contributed by atoms with E-state index >= 15 is 0 Å². The Morgan fingerprint density at radius 3 is 2.67 bits per heavy atom. The number of alkyl halides is 3. The highest BCUT2D eigenvalue weighted by Crippen LogP contribution is 2.36. The monoisotopic (exact) mass is 347 g/mol. The highest BCUT2D eigenvalue weighted by molar-refractivity contribution is 5.86. The van der Waals surface area contributed by atoms with Crippen molar-refractivity contribution >= 4 is 11.9 Å². The molecule has 1 aliphatic heterocycles. The van der Waals surface area contributed by atoms with Gasteiger partial charge in [0.05, 0.1) is 18.8 Å². The van der Waals surface area contributed by atoms with Crippen molar-refractivity contribution in [1.82, 2.24) is 4.90 Å². The number of amides is 1. The molecule has 1 heterocycles. The third-order valence-corrected chi connectivity index (χ3v) is 3.54. The van der Waals surface area contributed by atoms with Crippen LogP contribution in [0.5, 0.6) is 5.75 Å². The number of carboxylic acids is 1. The molecular weight excluding hydrogens is 331 g/mol. The first kappa shape index (κ1) is 18.1. The van der Waals surface area contributed by atoms with Crippen LogP contribution in [0.15, 0.2) is 24.3 Å². The quantitative estimate of drug-likeness (QED) is 0.899. The fourth-order valence-electron chi connectivity index (χ4n) is 2.35. The number of carbonyl (C=O) groups excluding carboxylic acids is 1. The minimum atomic E-state index is -4.62. The Labute approximate surface area is 135 Å². The third-order valence-electron chi connectivity index (χ3n) is 3.54. The lowest BCUT2D eigenvalue weighted by molar-refractivity contribution is -0.161. The molecule has 1 aliphatic rings. The summed E-state index contributed by atoms with van der Waals surface area (Å²) in [6.07, 6.45) is -5.89. The van der Waals surface area contributed by atoms with E-state index in [9.17, 15) is 22.8 Å². The minimum Gasteiger partial charge on any atom is -0.480 e. The van der Waals surface area contributed by atoms with E-state index in [1.54, 1.807) is 0 Å². The van der Waals surface area contributed by atoms with Crippen LogP contribution in [0.25, 0.3) is 0 Å².